The van der Waals surface area contributed by atoms with Gasteiger partial charge in [-0.05, 0) is 29.8 Å². The van der Waals surface area contributed by atoms with Gasteiger partial charge in [0.1, 0.15) is 0 Å². The van der Waals surface area contributed by atoms with Crippen molar-refractivity contribution in [2.75, 3.05) is 5.32 Å². The fourth-order valence-corrected chi connectivity index (χ4v) is 2.37. The third-order valence-electron chi connectivity index (χ3n) is 2.79. The van der Waals surface area contributed by atoms with Gasteiger partial charge in [0.05, 0.1) is 12.1 Å². The van der Waals surface area contributed by atoms with Gasteiger partial charge in [-0.15, -0.1) is 13.2 Å². The van der Waals surface area contributed by atoms with E-state index in [1.807, 2.05) is 0 Å². The number of amides is 1. The zero-order chi connectivity index (χ0) is 17.0. The molecule has 2 aromatic rings. The van der Waals surface area contributed by atoms with Crippen molar-refractivity contribution in [1.29, 1.82) is 0 Å². The number of anilines is 1. The Hall–Kier alpha value is -1.92. The molecule has 0 aliphatic carbocycles. The zero-order valence-electron chi connectivity index (χ0n) is 11.5. The van der Waals surface area contributed by atoms with Gasteiger partial charge in [-0.3, -0.25) is 4.79 Å². The Morgan fingerprint density at radius 2 is 1.65 bits per heavy atom. The van der Waals surface area contributed by atoms with Crippen LogP contribution in [0.4, 0.5) is 18.9 Å². The number of benzene rings is 2. The molecule has 2 rings (SSSR count). The van der Waals surface area contributed by atoms with Crippen LogP contribution >= 0.6 is 23.2 Å². The monoisotopic (exact) mass is 363 g/mol. The van der Waals surface area contributed by atoms with Gasteiger partial charge in [-0.1, -0.05) is 41.4 Å². The van der Waals surface area contributed by atoms with Crippen LogP contribution in [-0.4, -0.2) is 12.3 Å². The standard InChI is InChI=1S/C15H10Cl2F3NO2/c16-10-4-3-5-11(17)9(10)8-14(22)21-12-6-1-2-7-13(12)23-15(18,19)20/h1-7H,8H2,(H,21,22). The molecule has 0 radical (unpaired) electrons. The average molecular weight is 364 g/mol. The van der Waals surface area contributed by atoms with E-state index in [0.717, 1.165) is 6.07 Å². The van der Waals surface area contributed by atoms with Crippen LogP contribution in [0.3, 0.4) is 0 Å². The molecular formula is C15H10Cl2F3NO2. The van der Waals surface area contributed by atoms with Gasteiger partial charge >= 0.3 is 6.36 Å². The number of nitrogens with one attached hydrogen (secondary N) is 1. The van der Waals surface area contributed by atoms with E-state index in [4.69, 9.17) is 23.2 Å². The molecule has 1 amide bonds. The molecule has 0 saturated heterocycles. The van der Waals surface area contributed by atoms with Crippen molar-refractivity contribution in [1.82, 2.24) is 0 Å². The minimum absolute atomic E-state index is 0.0991. The first-order chi connectivity index (χ1) is 10.8. The summed E-state index contributed by atoms with van der Waals surface area (Å²) in [5.41, 5.74) is 0.292. The summed E-state index contributed by atoms with van der Waals surface area (Å²) in [6.45, 7) is 0. The summed E-state index contributed by atoms with van der Waals surface area (Å²) in [4.78, 5) is 12.0. The Morgan fingerprint density at radius 1 is 1.04 bits per heavy atom. The molecule has 0 saturated carbocycles. The maximum absolute atomic E-state index is 12.3. The molecule has 1 N–H and O–H groups in total. The van der Waals surface area contributed by atoms with Gasteiger partial charge in [0.25, 0.3) is 0 Å². The predicted octanol–water partition coefficient (Wildman–Crippen LogP) is 5.07. The fraction of sp³-hybridized carbons (Fsp3) is 0.133. The number of ether oxygens (including phenoxy) is 1. The minimum Gasteiger partial charge on any atom is -0.404 e. The third kappa shape index (κ3) is 5.04. The lowest BCUT2D eigenvalue weighted by molar-refractivity contribution is -0.274. The molecule has 23 heavy (non-hydrogen) atoms. The first-order valence-electron chi connectivity index (χ1n) is 6.34. The summed E-state index contributed by atoms with van der Waals surface area (Å²) in [7, 11) is 0. The number of carbonyl (C=O) groups is 1. The number of halogens is 5. The molecule has 0 spiro atoms. The van der Waals surface area contributed by atoms with Crippen LogP contribution in [0.5, 0.6) is 5.75 Å². The second kappa shape index (κ2) is 7.10. The van der Waals surface area contributed by atoms with Crippen LogP contribution < -0.4 is 10.1 Å². The van der Waals surface area contributed by atoms with Gasteiger partial charge in [0, 0.05) is 10.0 Å². The highest BCUT2D eigenvalue weighted by Crippen LogP contribution is 2.30. The smallest absolute Gasteiger partial charge is 0.404 e. The molecule has 122 valence electrons. The lowest BCUT2D eigenvalue weighted by atomic mass is 10.1. The van der Waals surface area contributed by atoms with Crippen molar-refractivity contribution < 1.29 is 22.7 Å². The maximum Gasteiger partial charge on any atom is 0.573 e. The Morgan fingerprint density at radius 3 is 2.26 bits per heavy atom. The normalized spacial score (nSPS) is 11.2. The average Bonchev–Trinajstić information content (AvgIpc) is 2.44. The van der Waals surface area contributed by atoms with Gasteiger partial charge in [-0.2, -0.15) is 0 Å². The highest BCUT2D eigenvalue weighted by molar-refractivity contribution is 6.36. The van der Waals surface area contributed by atoms with E-state index in [9.17, 15) is 18.0 Å². The number of hydrogen-bond donors (Lipinski definition) is 1. The van der Waals surface area contributed by atoms with Crippen LogP contribution in [0.1, 0.15) is 5.56 Å². The third-order valence-corrected chi connectivity index (χ3v) is 3.49. The first-order valence-corrected chi connectivity index (χ1v) is 7.09. The largest absolute Gasteiger partial charge is 0.573 e. The Bertz CT molecular complexity index is 700. The molecule has 0 heterocycles. The SMILES string of the molecule is O=C(Cc1c(Cl)cccc1Cl)Nc1ccccc1OC(F)(F)F. The van der Waals surface area contributed by atoms with Crippen molar-refractivity contribution in [2.45, 2.75) is 12.8 Å². The van der Waals surface area contributed by atoms with E-state index in [1.165, 1.54) is 18.2 Å². The molecule has 0 aromatic heterocycles. The highest BCUT2D eigenvalue weighted by Gasteiger charge is 2.32. The summed E-state index contributed by atoms with van der Waals surface area (Å²) in [5, 5.41) is 2.95. The minimum atomic E-state index is -4.85. The quantitative estimate of drug-likeness (QED) is 0.822. The summed E-state index contributed by atoms with van der Waals surface area (Å²) < 4.78 is 40.9. The van der Waals surface area contributed by atoms with E-state index in [-0.39, 0.29) is 12.1 Å². The first kappa shape index (κ1) is 17.4. The number of carbonyl (C=O) groups excluding carboxylic acids is 1. The molecule has 0 fully saturated rings. The second-order valence-electron chi connectivity index (χ2n) is 4.47. The molecule has 8 heteroatoms. The molecule has 3 nitrogen and oxygen atoms in total. The molecule has 0 bridgehead atoms. The second-order valence-corrected chi connectivity index (χ2v) is 5.28. The summed E-state index contributed by atoms with van der Waals surface area (Å²) in [6, 6.07) is 9.99. The molecular weight excluding hydrogens is 354 g/mol. The summed E-state index contributed by atoms with van der Waals surface area (Å²) in [6.07, 6.45) is -5.04. The summed E-state index contributed by atoms with van der Waals surface area (Å²) in [5.74, 6) is -1.07. The number of hydrogen-bond acceptors (Lipinski definition) is 2. The topological polar surface area (TPSA) is 38.3 Å². The molecule has 0 unspecified atom stereocenters. The van der Waals surface area contributed by atoms with Crippen LogP contribution in [-0.2, 0) is 11.2 Å². The van der Waals surface area contributed by atoms with Crippen molar-refractivity contribution in [3.63, 3.8) is 0 Å². The van der Waals surface area contributed by atoms with E-state index in [0.29, 0.717) is 15.6 Å². The highest BCUT2D eigenvalue weighted by atomic mass is 35.5. The Labute approximate surface area is 140 Å². The van der Waals surface area contributed by atoms with Gasteiger partial charge < -0.3 is 10.1 Å². The van der Waals surface area contributed by atoms with Crippen LogP contribution in [0.25, 0.3) is 0 Å². The fourth-order valence-electron chi connectivity index (χ4n) is 1.84. The van der Waals surface area contributed by atoms with Crippen molar-refractivity contribution >= 4 is 34.8 Å². The Kier molecular flexibility index (Phi) is 5.38. The lowest BCUT2D eigenvalue weighted by Gasteiger charge is -2.14. The van der Waals surface area contributed by atoms with Crippen LogP contribution in [0, 0.1) is 0 Å². The molecule has 0 aliphatic heterocycles. The van der Waals surface area contributed by atoms with Crippen molar-refractivity contribution in [2.24, 2.45) is 0 Å². The van der Waals surface area contributed by atoms with Gasteiger partial charge in [0.15, 0.2) is 5.75 Å². The predicted molar refractivity (Wildman–Crippen MR) is 81.9 cm³/mol. The number of rotatable bonds is 4. The Balaban J connectivity index is 2.15. The number of para-hydroxylation sites is 2. The van der Waals surface area contributed by atoms with E-state index >= 15 is 0 Å². The molecule has 0 aliphatic rings. The van der Waals surface area contributed by atoms with Crippen LogP contribution in [0.15, 0.2) is 42.5 Å². The van der Waals surface area contributed by atoms with E-state index in [1.54, 1.807) is 18.2 Å². The molecule has 2 aromatic carbocycles. The van der Waals surface area contributed by atoms with Gasteiger partial charge in [-0.25, -0.2) is 0 Å². The van der Waals surface area contributed by atoms with Gasteiger partial charge in [0.2, 0.25) is 5.91 Å². The number of alkyl halides is 3. The van der Waals surface area contributed by atoms with Crippen molar-refractivity contribution in [3.8, 4) is 5.75 Å². The maximum atomic E-state index is 12.3. The van der Waals surface area contributed by atoms with Crippen molar-refractivity contribution in [3.05, 3.63) is 58.1 Å². The molecule has 0 atom stereocenters. The van der Waals surface area contributed by atoms with Crippen LogP contribution in [0.2, 0.25) is 10.0 Å². The zero-order valence-corrected chi connectivity index (χ0v) is 13.0. The summed E-state index contributed by atoms with van der Waals surface area (Å²) >= 11 is 11.9. The van der Waals surface area contributed by atoms with E-state index in [2.05, 4.69) is 10.1 Å². The van der Waals surface area contributed by atoms with E-state index < -0.39 is 18.0 Å². The lowest BCUT2D eigenvalue weighted by Crippen LogP contribution is -2.20.